The van der Waals surface area contributed by atoms with Gasteiger partial charge in [0.15, 0.2) is 11.5 Å². The van der Waals surface area contributed by atoms with E-state index >= 15 is 0 Å². The number of amides is 1. The van der Waals surface area contributed by atoms with E-state index in [1.807, 2.05) is 11.0 Å². The van der Waals surface area contributed by atoms with Gasteiger partial charge in [0.25, 0.3) is 5.91 Å². The minimum absolute atomic E-state index is 0.0213. The van der Waals surface area contributed by atoms with Gasteiger partial charge in [-0.3, -0.25) is 4.79 Å². The van der Waals surface area contributed by atoms with Gasteiger partial charge in [0.1, 0.15) is 0 Å². The van der Waals surface area contributed by atoms with Crippen LogP contribution in [0.4, 0.5) is 0 Å². The Morgan fingerprint density at radius 1 is 1.04 bits per heavy atom. The van der Waals surface area contributed by atoms with Crippen molar-refractivity contribution in [3.8, 4) is 11.5 Å². The molecular formula is C19H21NO3. The number of methoxy groups -OCH3 is 2. The molecule has 1 atom stereocenters. The van der Waals surface area contributed by atoms with Crippen LogP contribution in [0.1, 0.15) is 28.4 Å². The van der Waals surface area contributed by atoms with E-state index in [1.54, 1.807) is 32.4 Å². The fourth-order valence-corrected chi connectivity index (χ4v) is 3.09. The van der Waals surface area contributed by atoms with Crippen LogP contribution in [0.5, 0.6) is 11.5 Å². The van der Waals surface area contributed by atoms with Crippen molar-refractivity contribution in [3.63, 3.8) is 0 Å². The molecule has 4 heteroatoms. The summed E-state index contributed by atoms with van der Waals surface area (Å²) in [5.41, 5.74) is 3.17. The molecule has 3 rings (SSSR count). The number of fused-ring (bicyclic) bond motifs is 1. The maximum Gasteiger partial charge on any atom is 0.254 e. The topological polar surface area (TPSA) is 38.8 Å². The Hall–Kier alpha value is -2.49. The predicted molar refractivity (Wildman–Crippen MR) is 89.0 cm³/mol. The molecule has 0 radical (unpaired) electrons. The van der Waals surface area contributed by atoms with Crippen molar-refractivity contribution in [1.29, 1.82) is 0 Å². The first-order valence-corrected chi connectivity index (χ1v) is 7.73. The second-order valence-electron chi connectivity index (χ2n) is 5.82. The smallest absolute Gasteiger partial charge is 0.254 e. The van der Waals surface area contributed by atoms with Gasteiger partial charge in [0.2, 0.25) is 0 Å². The lowest BCUT2D eigenvalue weighted by molar-refractivity contribution is 0.0658. The third-order valence-electron chi connectivity index (χ3n) is 4.40. The lowest BCUT2D eigenvalue weighted by Gasteiger charge is -2.35. The first-order chi connectivity index (χ1) is 11.1. The van der Waals surface area contributed by atoms with E-state index in [0.717, 1.165) is 6.42 Å². The zero-order valence-electron chi connectivity index (χ0n) is 13.7. The van der Waals surface area contributed by atoms with Gasteiger partial charge in [-0.1, -0.05) is 24.3 Å². The van der Waals surface area contributed by atoms with Crippen molar-refractivity contribution in [2.45, 2.75) is 25.9 Å². The van der Waals surface area contributed by atoms with Crippen LogP contribution in [0.3, 0.4) is 0 Å². The summed E-state index contributed by atoms with van der Waals surface area (Å²) < 4.78 is 10.5. The van der Waals surface area contributed by atoms with Gasteiger partial charge < -0.3 is 14.4 Å². The van der Waals surface area contributed by atoms with Gasteiger partial charge >= 0.3 is 0 Å². The van der Waals surface area contributed by atoms with E-state index < -0.39 is 0 Å². The second-order valence-corrected chi connectivity index (χ2v) is 5.82. The third-order valence-corrected chi connectivity index (χ3v) is 4.40. The SMILES string of the molecule is COc1ccc(C(=O)N2Cc3ccccc3CC2C)cc1OC. The van der Waals surface area contributed by atoms with E-state index in [9.17, 15) is 4.79 Å². The molecule has 1 amide bonds. The predicted octanol–water partition coefficient (Wildman–Crippen LogP) is 3.29. The average molecular weight is 311 g/mol. The average Bonchev–Trinajstić information content (AvgIpc) is 2.59. The summed E-state index contributed by atoms with van der Waals surface area (Å²) in [5.74, 6) is 1.22. The number of carbonyl (C=O) groups is 1. The Labute approximate surface area is 136 Å². The molecule has 0 saturated heterocycles. The standard InChI is InChI=1S/C19H21NO3/c1-13-10-14-6-4-5-7-16(14)12-20(13)19(21)15-8-9-17(22-2)18(11-15)23-3/h4-9,11,13H,10,12H2,1-3H3. The van der Waals surface area contributed by atoms with Gasteiger partial charge in [-0.05, 0) is 42.7 Å². The fraction of sp³-hybridized carbons (Fsp3) is 0.316. The van der Waals surface area contributed by atoms with Crippen LogP contribution in [0.2, 0.25) is 0 Å². The quantitative estimate of drug-likeness (QED) is 0.873. The van der Waals surface area contributed by atoms with Gasteiger partial charge in [-0.15, -0.1) is 0 Å². The molecule has 4 nitrogen and oxygen atoms in total. The number of carbonyl (C=O) groups excluding carboxylic acids is 1. The summed E-state index contributed by atoms with van der Waals surface area (Å²) in [4.78, 5) is 14.8. The molecule has 0 N–H and O–H groups in total. The summed E-state index contributed by atoms with van der Waals surface area (Å²) in [6.07, 6.45) is 0.884. The fourth-order valence-electron chi connectivity index (χ4n) is 3.09. The van der Waals surface area contributed by atoms with Crippen LogP contribution in [0.15, 0.2) is 42.5 Å². The molecule has 0 spiro atoms. The molecule has 1 heterocycles. The molecular weight excluding hydrogens is 290 g/mol. The Balaban J connectivity index is 1.89. The number of hydrogen-bond acceptors (Lipinski definition) is 3. The molecule has 1 aliphatic heterocycles. The van der Waals surface area contributed by atoms with Crippen LogP contribution in [0, 0.1) is 0 Å². The number of rotatable bonds is 3. The lowest BCUT2D eigenvalue weighted by Crippen LogP contribution is -2.42. The third kappa shape index (κ3) is 2.89. The van der Waals surface area contributed by atoms with E-state index in [2.05, 4.69) is 25.1 Å². The van der Waals surface area contributed by atoms with Crippen LogP contribution in [-0.2, 0) is 13.0 Å². The van der Waals surface area contributed by atoms with E-state index in [-0.39, 0.29) is 11.9 Å². The lowest BCUT2D eigenvalue weighted by atomic mass is 9.94. The van der Waals surface area contributed by atoms with Crippen molar-refractivity contribution < 1.29 is 14.3 Å². The molecule has 0 fully saturated rings. The van der Waals surface area contributed by atoms with Crippen molar-refractivity contribution in [1.82, 2.24) is 4.90 Å². The second kappa shape index (κ2) is 6.32. The number of hydrogen-bond donors (Lipinski definition) is 0. The summed E-state index contributed by atoms with van der Waals surface area (Å²) in [6.45, 7) is 2.74. The number of nitrogens with zero attached hydrogens (tertiary/aromatic N) is 1. The normalized spacial score (nSPS) is 16.7. The van der Waals surface area contributed by atoms with E-state index in [4.69, 9.17) is 9.47 Å². The van der Waals surface area contributed by atoms with Gasteiger partial charge in [-0.2, -0.15) is 0 Å². The van der Waals surface area contributed by atoms with Gasteiger partial charge in [-0.25, -0.2) is 0 Å². The Kier molecular flexibility index (Phi) is 4.24. The zero-order chi connectivity index (χ0) is 16.4. The van der Waals surface area contributed by atoms with Crippen LogP contribution in [-0.4, -0.2) is 31.1 Å². The monoisotopic (exact) mass is 311 g/mol. The highest BCUT2D eigenvalue weighted by atomic mass is 16.5. The molecule has 2 aromatic carbocycles. The van der Waals surface area contributed by atoms with E-state index in [1.165, 1.54) is 11.1 Å². The van der Waals surface area contributed by atoms with Crippen molar-refractivity contribution in [2.24, 2.45) is 0 Å². The summed E-state index contributed by atoms with van der Waals surface area (Å²) in [7, 11) is 3.16. The van der Waals surface area contributed by atoms with Crippen LogP contribution >= 0.6 is 0 Å². The van der Waals surface area contributed by atoms with Crippen molar-refractivity contribution in [2.75, 3.05) is 14.2 Å². The number of ether oxygens (including phenoxy) is 2. The molecule has 0 aromatic heterocycles. The van der Waals surface area contributed by atoms with Gasteiger partial charge in [0.05, 0.1) is 14.2 Å². The highest BCUT2D eigenvalue weighted by Gasteiger charge is 2.27. The maximum absolute atomic E-state index is 12.9. The summed E-state index contributed by atoms with van der Waals surface area (Å²) in [5, 5.41) is 0. The first-order valence-electron chi connectivity index (χ1n) is 7.73. The number of benzene rings is 2. The summed E-state index contributed by atoms with van der Waals surface area (Å²) >= 11 is 0. The molecule has 23 heavy (non-hydrogen) atoms. The molecule has 0 saturated carbocycles. The molecule has 0 bridgehead atoms. The van der Waals surface area contributed by atoms with Crippen molar-refractivity contribution >= 4 is 5.91 Å². The molecule has 2 aromatic rings. The van der Waals surface area contributed by atoms with Crippen molar-refractivity contribution in [3.05, 3.63) is 59.2 Å². The van der Waals surface area contributed by atoms with E-state index in [0.29, 0.717) is 23.6 Å². The molecule has 1 unspecified atom stereocenters. The Morgan fingerprint density at radius 2 is 1.74 bits per heavy atom. The first kappa shape index (κ1) is 15.4. The van der Waals surface area contributed by atoms with Crippen LogP contribution < -0.4 is 9.47 Å². The molecule has 120 valence electrons. The van der Waals surface area contributed by atoms with Crippen LogP contribution in [0.25, 0.3) is 0 Å². The minimum Gasteiger partial charge on any atom is -0.493 e. The molecule has 0 aliphatic carbocycles. The highest BCUT2D eigenvalue weighted by Crippen LogP contribution is 2.30. The Morgan fingerprint density at radius 3 is 2.43 bits per heavy atom. The largest absolute Gasteiger partial charge is 0.493 e. The maximum atomic E-state index is 12.9. The minimum atomic E-state index is 0.0213. The van der Waals surface area contributed by atoms with Gasteiger partial charge in [0, 0.05) is 18.2 Å². The highest BCUT2D eigenvalue weighted by molar-refractivity contribution is 5.95. The molecule has 1 aliphatic rings. The Bertz CT molecular complexity index is 726. The summed E-state index contributed by atoms with van der Waals surface area (Å²) in [6, 6.07) is 13.8. The zero-order valence-corrected chi connectivity index (χ0v) is 13.7.